The average Bonchev–Trinajstić information content (AvgIpc) is 2.29. The molecule has 0 fully saturated rings. The van der Waals surface area contributed by atoms with Gasteiger partial charge < -0.3 is 0 Å². The first-order valence-electron chi connectivity index (χ1n) is 7.57. The largest absolute Gasteiger partial charge is 0.107 e. The van der Waals surface area contributed by atoms with Crippen LogP contribution in [-0.4, -0.2) is 18.5 Å². The molecule has 0 aromatic carbocycles. The lowest BCUT2D eigenvalue weighted by Crippen LogP contribution is -1.96. The van der Waals surface area contributed by atoms with Crippen LogP contribution in [0, 0.1) is 0 Å². The van der Waals surface area contributed by atoms with E-state index in [9.17, 15) is 0 Å². The number of rotatable bonds is 12. The van der Waals surface area contributed by atoms with Gasteiger partial charge in [-0.05, 0) is 37.7 Å². The van der Waals surface area contributed by atoms with Gasteiger partial charge in [-0.3, -0.25) is 0 Å². The molecule has 0 aromatic heterocycles. The van der Waals surface area contributed by atoms with Gasteiger partial charge in [0.1, 0.15) is 0 Å². The second-order valence-electron chi connectivity index (χ2n) is 4.96. The van der Waals surface area contributed by atoms with Gasteiger partial charge in [-0.15, -0.1) is 31.9 Å². The standard InChI is InChI=1S/C15H33P.HI/c1-4-7-10-13-16(14-11-8-5-2)15-12-9-6-3;/h4-15H2,1-3H3;1H. The monoisotopic (exact) mass is 372 g/mol. The van der Waals surface area contributed by atoms with Gasteiger partial charge in [-0.1, -0.05) is 59.3 Å². The van der Waals surface area contributed by atoms with Gasteiger partial charge in [-0.2, -0.15) is 0 Å². The molecule has 0 atom stereocenters. The van der Waals surface area contributed by atoms with Crippen molar-refractivity contribution in [2.75, 3.05) is 18.5 Å². The van der Waals surface area contributed by atoms with Crippen molar-refractivity contribution in [2.24, 2.45) is 0 Å². The molecule has 0 saturated carbocycles. The molecule has 0 aromatic rings. The van der Waals surface area contributed by atoms with Crippen molar-refractivity contribution in [3.05, 3.63) is 0 Å². The normalized spacial score (nSPS) is 10.6. The molecule has 0 unspecified atom stereocenters. The maximum atomic E-state index is 2.32. The molecule has 0 bridgehead atoms. The van der Waals surface area contributed by atoms with Crippen LogP contribution in [0.4, 0.5) is 0 Å². The van der Waals surface area contributed by atoms with Crippen LogP contribution in [-0.2, 0) is 0 Å². The number of unbranched alkanes of at least 4 members (excludes halogenated alkanes) is 6. The highest BCUT2D eigenvalue weighted by atomic mass is 127. The van der Waals surface area contributed by atoms with Crippen LogP contribution in [0.2, 0.25) is 0 Å². The predicted molar refractivity (Wildman–Crippen MR) is 95.5 cm³/mol. The van der Waals surface area contributed by atoms with E-state index < -0.39 is 0 Å². The number of halogens is 1. The molecule has 0 rings (SSSR count). The van der Waals surface area contributed by atoms with E-state index in [1.807, 2.05) is 0 Å². The molecule has 0 heterocycles. The molecule has 0 aliphatic rings. The van der Waals surface area contributed by atoms with Gasteiger partial charge >= 0.3 is 0 Å². The van der Waals surface area contributed by atoms with E-state index in [1.54, 1.807) is 18.5 Å². The molecule has 0 aliphatic heterocycles. The Kier molecular flexibility index (Phi) is 20.7. The molecule has 2 heteroatoms. The fraction of sp³-hybridized carbons (Fsp3) is 1.00. The molecule has 0 radical (unpaired) electrons. The highest BCUT2D eigenvalue weighted by Crippen LogP contribution is 2.39. The summed E-state index contributed by atoms with van der Waals surface area (Å²) in [4.78, 5) is 0. The third-order valence-electron chi connectivity index (χ3n) is 3.23. The van der Waals surface area contributed by atoms with E-state index in [-0.39, 0.29) is 24.0 Å². The Morgan fingerprint density at radius 1 is 0.529 bits per heavy atom. The molecule has 0 N–H and O–H groups in total. The van der Waals surface area contributed by atoms with Gasteiger partial charge in [0.2, 0.25) is 0 Å². The average molecular weight is 372 g/mol. The maximum Gasteiger partial charge on any atom is -0.0326 e. The van der Waals surface area contributed by atoms with Crippen molar-refractivity contribution in [1.82, 2.24) is 0 Å². The third kappa shape index (κ3) is 15.1. The fourth-order valence-corrected chi connectivity index (χ4v) is 4.77. The van der Waals surface area contributed by atoms with Gasteiger partial charge in [0.25, 0.3) is 0 Å². The lowest BCUT2D eigenvalue weighted by molar-refractivity contribution is 0.749. The Morgan fingerprint density at radius 2 is 0.824 bits per heavy atom. The number of hydrogen-bond donors (Lipinski definition) is 0. The molecule has 0 amide bonds. The molecule has 0 spiro atoms. The lowest BCUT2D eigenvalue weighted by atomic mass is 10.3. The summed E-state index contributed by atoms with van der Waals surface area (Å²) >= 11 is 0. The predicted octanol–water partition coefficient (Wildman–Crippen LogP) is 6.66. The van der Waals surface area contributed by atoms with Crippen LogP contribution in [0.15, 0.2) is 0 Å². The van der Waals surface area contributed by atoms with Crippen molar-refractivity contribution in [3.8, 4) is 0 Å². The molecule has 17 heavy (non-hydrogen) atoms. The second kappa shape index (κ2) is 17.2. The zero-order valence-electron chi connectivity index (χ0n) is 12.3. The summed E-state index contributed by atoms with van der Waals surface area (Å²) in [5.74, 6) is 0. The van der Waals surface area contributed by atoms with Gasteiger partial charge in [0, 0.05) is 0 Å². The smallest absolute Gasteiger partial charge is 0.0326 e. The molecular weight excluding hydrogens is 338 g/mol. The zero-order valence-corrected chi connectivity index (χ0v) is 15.6. The van der Waals surface area contributed by atoms with E-state index in [4.69, 9.17) is 0 Å². The van der Waals surface area contributed by atoms with E-state index >= 15 is 0 Å². The Morgan fingerprint density at radius 3 is 1.06 bits per heavy atom. The van der Waals surface area contributed by atoms with Crippen molar-refractivity contribution in [1.29, 1.82) is 0 Å². The molecule has 0 saturated heterocycles. The molecule has 106 valence electrons. The van der Waals surface area contributed by atoms with Crippen LogP contribution in [0.3, 0.4) is 0 Å². The van der Waals surface area contributed by atoms with Crippen molar-refractivity contribution in [3.63, 3.8) is 0 Å². The van der Waals surface area contributed by atoms with Crippen LogP contribution < -0.4 is 0 Å². The summed E-state index contributed by atoms with van der Waals surface area (Å²) in [6.45, 7) is 6.95. The Balaban J connectivity index is 0. The summed E-state index contributed by atoms with van der Waals surface area (Å²) in [5.41, 5.74) is 0. The highest BCUT2D eigenvalue weighted by molar-refractivity contribution is 14.0. The minimum Gasteiger partial charge on any atom is -0.107 e. The summed E-state index contributed by atoms with van der Waals surface area (Å²) < 4.78 is 0. The van der Waals surface area contributed by atoms with Gasteiger partial charge in [0.15, 0.2) is 0 Å². The van der Waals surface area contributed by atoms with E-state index in [0.717, 1.165) is 0 Å². The number of hydrogen-bond acceptors (Lipinski definition) is 0. The molecular formula is C15H34IP. The quantitative estimate of drug-likeness (QED) is 0.204. The van der Waals surface area contributed by atoms with Gasteiger partial charge in [0.05, 0.1) is 0 Å². The Labute approximate surface area is 128 Å². The molecule has 0 aliphatic carbocycles. The first-order valence-corrected chi connectivity index (χ1v) is 9.47. The topological polar surface area (TPSA) is 0 Å². The van der Waals surface area contributed by atoms with Crippen LogP contribution in [0.25, 0.3) is 0 Å². The van der Waals surface area contributed by atoms with Crippen molar-refractivity contribution < 1.29 is 0 Å². The summed E-state index contributed by atoms with van der Waals surface area (Å²) in [6.07, 6.45) is 17.7. The minimum atomic E-state index is 0. The Hall–Kier alpha value is 1.16. The summed E-state index contributed by atoms with van der Waals surface area (Å²) in [5, 5.41) is 0. The molecule has 0 nitrogen and oxygen atoms in total. The summed E-state index contributed by atoms with van der Waals surface area (Å²) in [7, 11) is 0.405. The maximum absolute atomic E-state index is 2.32. The lowest BCUT2D eigenvalue weighted by Gasteiger charge is -2.17. The first kappa shape index (κ1) is 20.5. The van der Waals surface area contributed by atoms with E-state index in [0.29, 0.717) is 7.92 Å². The minimum absolute atomic E-state index is 0. The SMILES string of the molecule is CCCCCP(CCCCC)CCCCC.I. The third-order valence-corrected chi connectivity index (χ3v) is 6.08. The fourth-order valence-electron chi connectivity index (χ4n) is 2.09. The van der Waals surface area contributed by atoms with E-state index in [1.165, 1.54) is 57.8 Å². The second-order valence-corrected chi connectivity index (χ2v) is 7.65. The van der Waals surface area contributed by atoms with Crippen molar-refractivity contribution >= 4 is 31.9 Å². The zero-order chi connectivity index (χ0) is 12.1. The van der Waals surface area contributed by atoms with E-state index in [2.05, 4.69) is 20.8 Å². The van der Waals surface area contributed by atoms with Gasteiger partial charge in [-0.25, -0.2) is 0 Å². The van der Waals surface area contributed by atoms with Crippen LogP contribution >= 0.6 is 31.9 Å². The Bertz CT molecular complexity index is 104. The highest BCUT2D eigenvalue weighted by Gasteiger charge is 2.06. The van der Waals surface area contributed by atoms with Crippen LogP contribution in [0.1, 0.15) is 78.6 Å². The van der Waals surface area contributed by atoms with Crippen molar-refractivity contribution in [2.45, 2.75) is 78.6 Å². The summed E-state index contributed by atoms with van der Waals surface area (Å²) in [6, 6.07) is 0. The van der Waals surface area contributed by atoms with Crippen LogP contribution in [0.5, 0.6) is 0 Å². The first-order chi connectivity index (χ1) is 7.85.